The van der Waals surface area contributed by atoms with E-state index in [4.69, 9.17) is 0 Å². The van der Waals surface area contributed by atoms with E-state index in [1.807, 2.05) is 23.0 Å². The number of imidazole rings is 1. The molecule has 1 fully saturated rings. The third-order valence-electron chi connectivity index (χ3n) is 3.49. The van der Waals surface area contributed by atoms with E-state index in [9.17, 15) is 0 Å². The van der Waals surface area contributed by atoms with Crippen LogP contribution < -0.4 is 4.90 Å². The monoisotopic (exact) mass is 294 g/mol. The largest absolute Gasteiger partial charge is 0.353 e. The zero-order valence-electron chi connectivity index (χ0n) is 9.80. The van der Waals surface area contributed by atoms with Crippen LogP contribution in [0.25, 0.3) is 5.65 Å². The van der Waals surface area contributed by atoms with Crippen molar-refractivity contribution in [2.24, 2.45) is 5.92 Å². The molecule has 1 saturated heterocycles. The quantitative estimate of drug-likeness (QED) is 0.854. The molecule has 17 heavy (non-hydrogen) atoms. The Morgan fingerprint density at radius 1 is 1.53 bits per heavy atom. The van der Waals surface area contributed by atoms with Crippen LogP contribution in [0.15, 0.2) is 23.2 Å². The van der Waals surface area contributed by atoms with E-state index in [-0.39, 0.29) is 0 Å². The summed E-state index contributed by atoms with van der Waals surface area (Å²) in [6.45, 7) is 4.45. The lowest BCUT2D eigenvalue weighted by Crippen LogP contribution is -2.21. The number of fused-ring (bicyclic) bond motifs is 1. The third kappa shape index (κ3) is 1.92. The Bertz CT molecular complexity index is 536. The molecule has 5 heteroatoms. The topological polar surface area (TPSA) is 33.4 Å². The van der Waals surface area contributed by atoms with Crippen molar-refractivity contribution in [3.8, 4) is 0 Å². The van der Waals surface area contributed by atoms with Gasteiger partial charge in [0.1, 0.15) is 4.60 Å². The maximum Gasteiger partial charge on any atom is 0.180 e. The first-order chi connectivity index (χ1) is 8.28. The molecule has 2 aromatic rings. The fraction of sp³-hybridized carbons (Fsp3) is 0.500. The fourth-order valence-electron chi connectivity index (χ4n) is 2.46. The van der Waals surface area contributed by atoms with E-state index in [0.29, 0.717) is 0 Å². The van der Waals surface area contributed by atoms with Crippen LogP contribution in [-0.4, -0.2) is 27.5 Å². The molecule has 1 atom stereocenters. The average Bonchev–Trinajstić information content (AvgIpc) is 2.95. The molecule has 0 spiro atoms. The Morgan fingerprint density at radius 2 is 2.41 bits per heavy atom. The van der Waals surface area contributed by atoms with Crippen LogP contribution in [0.3, 0.4) is 0 Å². The van der Waals surface area contributed by atoms with E-state index < -0.39 is 0 Å². The first-order valence-corrected chi connectivity index (χ1v) is 6.81. The molecular formula is C12H15BrN4. The molecule has 0 amide bonds. The fourth-order valence-corrected chi connectivity index (χ4v) is 2.84. The summed E-state index contributed by atoms with van der Waals surface area (Å²) in [5.74, 6) is 1.80. The lowest BCUT2D eigenvalue weighted by Gasteiger charge is -2.18. The van der Waals surface area contributed by atoms with Crippen molar-refractivity contribution in [1.29, 1.82) is 0 Å². The van der Waals surface area contributed by atoms with Gasteiger partial charge in [-0.15, -0.1) is 0 Å². The Morgan fingerprint density at radius 3 is 3.18 bits per heavy atom. The first kappa shape index (κ1) is 11.0. The van der Waals surface area contributed by atoms with Gasteiger partial charge in [-0.1, -0.05) is 13.3 Å². The predicted molar refractivity (Wildman–Crippen MR) is 71.3 cm³/mol. The molecule has 0 saturated carbocycles. The zero-order chi connectivity index (χ0) is 11.8. The molecule has 90 valence electrons. The first-order valence-electron chi connectivity index (χ1n) is 6.02. The summed E-state index contributed by atoms with van der Waals surface area (Å²) in [5.41, 5.74) is 0.949. The summed E-state index contributed by atoms with van der Waals surface area (Å²) < 4.78 is 2.88. The second kappa shape index (κ2) is 4.29. The maximum absolute atomic E-state index is 4.58. The molecule has 4 nitrogen and oxygen atoms in total. The van der Waals surface area contributed by atoms with Crippen LogP contribution in [0.2, 0.25) is 0 Å². The standard InChI is InChI=1S/C12H15BrN4/c1-2-9-3-5-16(7-9)12-11-14-4-6-17(11)8-10(13)15-12/h4,6,8-9H,2-3,5,7H2,1H3. The van der Waals surface area contributed by atoms with Crippen molar-refractivity contribution < 1.29 is 0 Å². The number of aromatic nitrogens is 3. The van der Waals surface area contributed by atoms with Gasteiger partial charge in [0, 0.05) is 31.7 Å². The van der Waals surface area contributed by atoms with Crippen LogP contribution in [0.4, 0.5) is 5.82 Å². The average molecular weight is 295 g/mol. The van der Waals surface area contributed by atoms with Crippen molar-refractivity contribution in [2.75, 3.05) is 18.0 Å². The molecule has 3 heterocycles. The molecule has 0 bridgehead atoms. The van der Waals surface area contributed by atoms with Crippen LogP contribution >= 0.6 is 15.9 Å². The smallest absolute Gasteiger partial charge is 0.180 e. The highest BCUT2D eigenvalue weighted by molar-refractivity contribution is 9.10. The summed E-state index contributed by atoms with van der Waals surface area (Å²) in [7, 11) is 0. The molecule has 1 unspecified atom stereocenters. The van der Waals surface area contributed by atoms with E-state index in [1.165, 1.54) is 12.8 Å². The number of hydrogen-bond donors (Lipinski definition) is 0. The van der Waals surface area contributed by atoms with Crippen LogP contribution in [0, 0.1) is 5.92 Å². The van der Waals surface area contributed by atoms with Gasteiger partial charge in [-0.05, 0) is 28.3 Å². The van der Waals surface area contributed by atoms with Crippen LogP contribution in [0.1, 0.15) is 19.8 Å². The second-order valence-electron chi connectivity index (χ2n) is 4.55. The predicted octanol–water partition coefficient (Wildman–Crippen LogP) is 2.73. The number of nitrogens with zero attached hydrogens (tertiary/aromatic N) is 4. The zero-order valence-corrected chi connectivity index (χ0v) is 11.4. The minimum atomic E-state index is 0.797. The minimum absolute atomic E-state index is 0.797. The highest BCUT2D eigenvalue weighted by Crippen LogP contribution is 2.27. The van der Waals surface area contributed by atoms with Crippen molar-refractivity contribution >= 4 is 27.4 Å². The number of hydrogen-bond acceptors (Lipinski definition) is 3. The van der Waals surface area contributed by atoms with Gasteiger partial charge in [-0.25, -0.2) is 9.97 Å². The van der Waals surface area contributed by atoms with Gasteiger partial charge in [0.05, 0.1) is 0 Å². The van der Waals surface area contributed by atoms with Gasteiger partial charge < -0.3 is 9.30 Å². The van der Waals surface area contributed by atoms with Crippen LogP contribution in [-0.2, 0) is 0 Å². The molecular weight excluding hydrogens is 280 g/mol. The van der Waals surface area contributed by atoms with Crippen molar-refractivity contribution in [1.82, 2.24) is 14.4 Å². The van der Waals surface area contributed by atoms with Gasteiger partial charge in [0.25, 0.3) is 0 Å². The van der Waals surface area contributed by atoms with Crippen molar-refractivity contribution in [2.45, 2.75) is 19.8 Å². The second-order valence-corrected chi connectivity index (χ2v) is 5.37. The third-order valence-corrected chi connectivity index (χ3v) is 3.87. The van der Waals surface area contributed by atoms with Gasteiger partial charge in [0.2, 0.25) is 0 Å². The maximum atomic E-state index is 4.58. The molecule has 1 aliphatic heterocycles. The Kier molecular flexibility index (Phi) is 2.78. The van der Waals surface area contributed by atoms with E-state index in [0.717, 1.165) is 35.1 Å². The Labute approximate surface area is 109 Å². The molecule has 2 aromatic heterocycles. The summed E-state index contributed by atoms with van der Waals surface area (Å²) in [5, 5.41) is 0. The summed E-state index contributed by atoms with van der Waals surface area (Å²) in [6.07, 6.45) is 8.23. The summed E-state index contributed by atoms with van der Waals surface area (Å²) >= 11 is 3.46. The van der Waals surface area contributed by atoms with Gasteiger partial charge in [-0.2, -0.15) is 0 Å². The molecule has 0 N–H and O–H groups in total. The van der Waals surface area contributed by atoms with Crippen molar-refractivity contribution in [3.63, 3.8) is 0 Å². The molecule has 0 radical (unpaired) electrons. The number of rotatable bonds is 2. The summed E-state index contributed by atoms with van der Waals surface area (Å²) in [4.78, 5) is 11.3. The number of halogens is 1. The SMILES string of the molecule is CCC1CCN(c2nc(Br)cn3ccnc23)C1. The van der Waals surface area contributed by atoms with Gasteiger partial charge >= 0.3 is 0 Å². The molecule has 3 rings (SSSR count). The highest BCUT2D eigenvalue weighted by atomic mass is 79.9. The van der Waals surface area contributed by atoms with E-state index in [1.54, 1.807) is 0 Å². The summed E-state index contributed by atoms with van der Waals surface area (Å²) in [6, 6.07) is 0. The molecule has 0 aromatic carbocycles. The lowest BCUT2D eigenvalue weighted by atomic mass is 10.1. The number of anilines is 1. The minimum Gasteiger partial charge on any atom is -0.353 e. The normalized spacial score (nSPS) is 20.4. The van der Waals surface area contributed by atoms with Crippen LogP contribution in [0.5, 0.6) is 0 Å². The Hall–Kier alpha value is -1.10. The van der Waals surface area contributed by atoms with Crippen molar-refractivity contribution in [3.05, 3.63) is 23.2 Å². The lowest BCUT2D eigenvalue weighted by molar-refractivity contribution is 0.569. The van der Waals surface area contributed by atoms with Gasteiger partial charge in [0.15, 0.2) is 11.5 Å². The Balaban J connectivity index is 2.02. The van der Waals surface area contributed by atoms with E-state index >= 15 is 0 Å². The van der Waals surface area contributed by atoms with E-state index in [2.05, 4.69) is 37.7 Å². The highest BCUT2D eigenvalue weighted by Gasteiger charge is 2.24. The van der Waals surface area contributed by atoms with Gasteiger partial charge in [-0.3, -0.25) is 0 Å². The molecule has 1 aliphatic rings. The molecule has 0 aliphatic carbocycles.